The minimum absolute atomic E-state index is 0.0536. The van der Waals surface area contributed by atoms with Gasteiger partial charge in [0.25, 0.3) is 5.91 Å². The van der Waals surface area contributed by atoms with E-state index in [2.05, 4.69) is 4.98 Å². The van der Waals surface area contributed by atoms with E-state index in [0.29, 0.717) is 35.0 Å². The molecule has 0 radical (unpaired) electrons. The van der Waals surface area contributed by atoms with Crippen LogP contribution < -0.4 is 0 Å². The van der Waals surface area contributed by atoms with Crippen molar-refractivity contribution in [3.8, 4) is 0 Å². The van der Waals surface area contributed by atoms with E-state index in [0.717, 1.165) is 25.7 Å². The number of sulfone groups is 1. The van der Waals surface area contributed by atoms with Crippen molar-refractivity contribution in [1.82, 2.24) is 14.5 Å². The molecule has 3 aromatic rings. The van der Waals surface area contributed by atoms with Gasteiger partial charge in [0, 0.05) is 24.2 Å². The van der Waals surface area contributed by atoms with Crippen LogP contribution in [0.5, 0.6) is 0 Å². The number of hydrogen-bond donors (Lipinski definition) is 0. The molecule has 1 saturated heterocycles. The zero-order chi connectivity index (χ0) is 25.3. The van der Waals surface area contributed by atoms with Crippen LogP contribution in [0, 0.1) is 0 Å². The molecule has 0 bridgehead atoms. The maximum atomic E-state index is 13.6. The summed E-state index contributed by atoms with van der Waals surface area (Å²) in [6, 6.07) is 13.9. The number of carbonyl (C=O) groups is 1. The van der Waals surface area contributed by atoms with Crippen molar-refractivity contribution in [2.45, 2.75) is 55.3 Å². The molecule has 1 aromatic heterocycles. The molecule has 2 aromatic carbocycles. The summed E-state index contributed by atoms with van der Waals surface area (Å²) in [7, 11) is -3.68. The maximum absolute atomic E-state index is 13.6. The molecular weight excluding hydrogens is 521 g/mol. The fourth-order valence-electron chi connectivity index (χ4n) is 4.59. The standard InChI is InChI=1S/C26H27Cl2N3O4S/c27-19-8-11-23(24(28)13-19)25(32)30(16-22-7-4-12-35-22)15-21-14-29-26(31(21)20-9-10-20)36(33,34)17-18-5-2-1-3-6-18/h1-3,5-6,8,11,13-14,20,22H,4,7,9-10,12,15-17H2/t22-/m0/s1. The van der Waals surface area contributed by atoms with Crippen LogP contribution in [-0.4, -0.2) is 48.0 Å². The number of imidazole rings is 1. The first-order chi connectivity index (χ1) is 17.3. The van der Waals surface area contributed by atoms with Crippen molar-refractivity contribution in [3.05, 3.63) is 81.6 Å². The van der Waals surface area contributed by atoms with Gasteiger partial charge in [0.05, 0.1) is 40.9 Å². The van der Waals surface area contributed by atoms with Gasteiger partial charge in [-0.3, -0.25) is 4.79 Å². The molecule has 190 valence electrons. The first-order valence-corrected chi connectivity index (χ1v) is 14.4. The van der Waals surface area contributed by atoms with E-state index in [1.807, 2.05) is 18.2 Å². The van der Waals surface area contributed by atoms with Gasteiger partial charge in [-0.2, -0.15) is 0 Å². The van der Waals surface area contributed by atoms with E-state index in [1.165, 1.54) is 0 Å². The van der Waals surface area contributed by atoms with Crippen LogP contribution in [0.2, 0.25) is 10.0 Å². The van der Waals surface area contributed by atoms with Gasteiger partial charge in [-0.15, -0.1) is 0 Å². The Hall–Kier alpha value is -2.39. The average molecular weight is 548 g/mol. The largest absolute Gasteiger partial charge is 0.376 e. The van der Waals surface area contributed by atoms with Crippen LogP contribution in [0.4, 0.5) is 0 Å². The summed E-state index contributed by atoms with van der Waals surface area (Å²) in [5.41, 5.74) is 1.73. The zero-order valence-electron chi connectivity index (χ0n) is 19.6. The molecule has 2 heterocycles. The maximum Gasteiger partial charge on any atom is 0.255 e. The van der Waals surface area contributed by atoms with Gasteiger partial charge >= 0.3 is 0 Å². The van der Waals surface area contributed by atoms with Crippen molar-refractivity contribution < 1.29 is 17.9 Å². The van der Waals surface area contributed by atoms with Gasteiger partial charge in [0.1, 0.15) is 0 Å². The number of hydrogen-bond acceptors (Lipinski definition) is 5. The Morgan fingerprint density at radius 1 is 1.11 bits per heavy atom. The Balaban J connectivity index is 1.46. The number of aromatic nitrogens is 2. The quantitative estimate of drug-likeness (QED) is 0.362. The monoisotopic (exact) mass is 547 g/mol. The lowest BCUT2D eigenvalue weighted by molar-refractivity contribution is 0.0501. The lowest BCUT2D eigenvalue weighted by atomic mass is 10.1. The second-order valence-corrected chi connectivity index (χ2v) is 12.0. The number of carbonyl (C=O) groups excluding carboxylic acids is 1. The molecule has 1 aliphatic heterocycles. The van der Waals surface area contributed by atoms with E-state index in [4.69, 9.17) is 27.9 Å². The van der Waals surface area contributed by atoms with Gasteiger partial charge in [-0.25, -0.2) is 13.4 Å². The summed E-state index contributed by atoms with van der Waals surface area (Å²) in [6.45, 7) is 1.23. The lowest BCUT2D eigenvalue weighted by Gasteiger charge is -2.26. The van der Waals surface area contributed by atoms with Crippen molar-refractivity contribution in [3.63, 3.8) is 0 Å². The SMILES string of the molecule is O=C(c1ccc(Cl)cc1Cl)N(Cc1cnc(S(=O)(=O)Cc2ccccc2)n1C1CC1)C[C@@H]1CCCO1. The highest BCUT2D eigenvalue weighted by Crippen LogP contribution is 2.39. The fourth-order valence-corrected chi connectivity index (χ4v) is 6.62. The highest BCUT2D eigenvalue weighted by molar-refractivity contribution is 7.90. The van der Waals surface area contributed by atoms with Gasteiger partial charge in [-0.05, 0) is 49.4 Å². The van der Waals surface area contributed by atoms with E-state index >= 15 is 0 Å². The van der Waals surface area contributed by atoms with Crippen molar-refractivity contribution >= 4 is 38.9 Å². The molecule has 10 heteroatoms. The molecule has 7 nitrogen and oxygen atoms in total. The molecular formula is C26H27Cl2N3O4S. The van der Waals surface area contributed by atoms with E-state index in [-0.39, 0.29) is 40.5 Å². The Labute approximate surface area is 220 Å². The topological polar surface area (TPSA) is 81.5 Å². The van der Waals surface area contributed by atoms with Crippen molar-refractivity contribution in [2.75, 3.05) is 13.2 Å². The molecule has 1 atom stereocenters. The summed E-state index contributed by atoms with van der Waals surface area (Å²) in [6.07, 6.45) is 5.04. The minimum atomic E-state index is -3.68. The summed E-state index contributed by atoms with van der Waals surface area (Å²) in [4.78, 5) is 19.6. The van der Waals surface area contributed by atoms with Crippen LogP contribution in [0.3, 0.4) is 0 Å². The van der Waals surface area contributed by atoms with Crippen molar-refractivity contribution in [2.24, 2.45) is 0 Å². The number of rotatable bonds is 9. The molecule has 0 unspecified atom stereocenters. The van der Waals surface area contributed by atoms with Crippen LogP contribution in [0.1, 0.15) is 53.3 Å². The van der Waals surface area contributed by atoms with Gasteiger partial charge in [-0.1, -0.05) is 53.5 Å². The van der Waals surface area contributed by atoms with Gasteiger partial charge in [0.15, 0.2) is 0 Å². The van der Waals surface area contributed by atoms with Crippen LogP contribution in [-0.2, 0) is 26.9 Å². The predicted molar refractivity (Wildman–Crippen MR) is 138 cm³/mol. The van der Waals surface area contributed by atoms with Crippen LogP contribution in [0.15, 0.2) is 59.9 Å². The van der Waals surface area contributed by atoms with E-state index in [1.54, 1.807) is 46.0 Å². The second-order valence-electron chi connectivity index (χ2n) is 9.32. The summed E-state index contributed by atoms with van der Waals surface area (Å²) in [5.74, 6) is -0.389. The highest BCUT2D eigenvalue weighted by atomic mass is 35.5. The number of ether oxygens (including phenoxy) is 1. The van der Waals surface area contributed by atoms with Crippen molar-refractivity contribution in [1.29, 1.82) is 0 Å². The Bertz CT molecular complexity index is 1350. The predicted octanol–water partition coefficient (Wildman–Crippen LogP) is 5.32. The molecule has 2 fully saturated rings. The molecule has 2 aliphatic rings. The number of nitrogens with zero attached hydrogens (tertiary/aromatic N) is 3. The Morgan fingerprint density at radius 2 is 1.89 bits per heavy atom. The Kier molecular flexibility index (Phi) is 7.40. The smallest absolute Gasteiger partial charge is 0.255 e. The molecule has 0 N–H and O–H groups in total. The molecule has 0 spiro atoms. The number of benzene rings is 2. The lowest BCUT2D eigenvalue weighted by Crippen LogP contribution is -2.37. The first-order valence-electron chi connectivity index (χ1n) is 12.0. The average Bonchev–Trinajstić information content (AvgIpc) is 3.37. The normalized spacial score (nSPS) is 17.9. The summed E-state index contributed by atoms with van der Waals surface area (Å²) < 4.78 is 34.3. The summed E-state index contributed by atoms with van der Waals surface area (Å²) in [5, 5.41) is 0.770. The van der Waals surface area contributed by atoms with Crippen LogP contribution in [0.25, 0.3) is 0 Å². The molecule has 5 rings (SSSR count). The third-order valence-corrected chi connectivity index (χ3v) is 8.60. The second kappa shape index (κ2) is 10.5. The van der Waals surface area contributed by atoms with Gasteiger partial charge < -0.3 is 14.2 Å². The zero-order valence-corrected chi connectivity index (χ0v) is 22.0. The van der Waals surface area contributed by atoms with Crippen LogP contribution >= 0.6 is 23.2 Å². The fraction of sp³-hybridized carbons (Fsp3) is 0.385. The molecule has 36 heavy (non-hydrogen) atoms. The molecule has 1 aliphatic carbocycles. The van der Waals surface area contributed by atoms with E-state index < -0.39 is 9.84 Å². The first kappa shape index (κ1) is 25.3. The highest BCUT2D eigenvalue weighted by Gasteiger charge is 2.35. The molecule has 1 amide bonds. The number of amides is 1. The van der Waals surface area contributed by atoms with Gasteiger partial charge in [0.2, 0.25) is 15.0 Å². The Morgan fingerprint density at radius 3 is 2.56 bits per heavy atom. The minimum Gasteiger partial charge on any atom is -0.376 e. The summed E-state index contributed by atoms with van der Waals surface area (Å²) >= 11 is 12.4. The third kappa shape index (κ3) is 5.62. The number of halogens is 2. The van der Waals surface area contributed by atoms with E-state index in [9.17, 15) is 13.2 Å². The third-order valence-electron chi connectivity index (χ3n) is 6.48. The molecule has 1 saturated carbocycles.